The van der Waals surface area contributed by atoms with E-state index in [1.807, 2.05) is 0 Å². The van der Waals surface area contributed by atoms with Crippen LogP contribution >= 0.6 is 11.6 Å². The van der Waals surface area contributed by atoms with E-state index in [4.69, 9.17) is 16.7 Å². The summed E-state index contributed by atoms with van der Waals surface area (Å²) in [5.74, 6) is -1.38. The van der Waals surface area contributed by atoms with E-state index in [1.165, 1.54) is 6.08 Å². The largest absolute Gasteiger partial charge is 0.481 e. The molecule has 0 amide bonds. The molecule has 1 unspecified atom stereocenters. The predicted octanol–water partition coefficient (Wildman–Crippen LogP) is 1.38. The van der Waals surface area contributed by atoms with Gasteiger partial charge in [0.2, 0.25) is 0 Å². The van der Waals surface area contributed by atoms with Crippen LogP contribution < -0.4 is 0 Å². The molecule has 0 saturated heterocycles. The SMILES string of the molecule is O=C(O)C1C=CC(Cl)=C1. The molecule has 0 spiro atoms. The molecule has 48 valence electrons. The van der Waals surface area contributed by atoms with Crippen LogP contribution in [-0.2, 0) is 4.79 Å². The molecule has 0 bridgehead atoms. The van der Waals surface area contributed by atoms with Crippen molar-refractivity contribution < 1.29 is 9.90 Å². The molecule has 3 heteroatoms. The number of rotatable bonds is 1. The van der Waals surface area contributed by atoms with Crippen molar-refractivity contribution in [1.82, 2.24) is 0 Å². The third-order valence-electron chi connectivity index (χ3n) is 1.09. The Bertz CT molecular complexity index is 193. The highest BCUT2D eigenvalue weighted by atomic mass is 35.5. The van der Waals surface area contributed by atoms with Gasteiger partial charge < -0.3 is 5.11 Å². The third kappa shape index (κ3) is 1.33. The van der Waals surface area contributed by atoms with Gasteiger partial charge in [-0.2, -0.15) is 0 Å². The molecule has 0 aromatic carbocycles. The van der Waals surface area contributed by atoms with Gasteiger partial charge in [-0.05, 0) is 12.2 Å². The zero-order chi connectivity index (χ0) is 6.85. The molecule has 0 aliphatic heterocycles. The molecule has 1 aliphatic carbocycles. The Kier molecular flexibility index (Phi) is 1.58. The van der Waals surface area contributed by atoms with E-state index in [2.05, 4.69) is 0 Å². The standard InChI is InChI=1S/C6H5ClO2/c7-5-2-1-4(3-5)6(8)9/h1-4H,(H,8,9). The molecule has 1 atom stereocenters. The van der Waals surface area contributed by atoms with Crippen molar-refractivity contribution in [2.75, 3.05) is 0 Å². The van der Waals surface area contributed by atoms with Gasteiger partial charge in [-0.15, -0.1) is 0 Å². The zero-order valence-corrected chi connectivity index (χ0v) is 5.30. The quantitative estimate of drug-likeness (QED) is 0.604. The number of aliphatic carboxylic acids is 1. The fraction of sp³-hybridized carbons (Fsp3) is 0.167. The predicted molar refractivity (Wildman–Crippen MR) is 34.2 cm³/mol. The van der Waals surface area contributed by atoms with Crippen LogP contribution in [0.1, 0.15) is 0 Å². The zero-order valence-electron chi connectivity index (χ0n) is 4.54. The van der Waals surface area contributed by atoms with Crippen molar-refractivity contribution in [3.63, 3.8) is 0 Å². The monoisotopic (exact) mass is 144 g/mol. The highest BCUT2D eigenvalue weighted by Gasteiger charge is 2.14. The summed E-state index contributed by atoms with van der Waals surface area (Å²) in [5.41, 5.74) is 0. The highest BCUT2D eigenvalue weighted by Crippen LogP contribution is 2.18. The Morgan fingerprint density at radius 2 is 2.44 bits per heavy atom. The summed E-state index contributed by atoms with van der Waals surface area (Å²) < 4.78 is 0. The minimum Gasteiger partial charge on any atom is -0.481 e. The highest BCUT2D eigenvalue weighted by molar-refractivity contribution is 6.31. The Morgan fingerprint density at radius 3 is 2.67 bits per heavy atom. The lowest BCUT2D eigenvalue weighted by atomic mass is 10.2. The van der Waals surface area contributed by atoms with Crippen LogP contribution in [0.4, 0.5) is 0 Å². The molecule has 1 N–H and O–H groups in total. The average molecular weight is 145 g/mol. The molecule has 0 heterocycles. The van der Waals surface area contributed by atoms with Crippen molar-refractivity contribution in [1.29, 1.82) is 0 Å². The summed E-state index contributed by atoms with van der Waals surface area (Å²) in [5, 5.41) is 8.88. The summed E-state index contributed by atoms with van der Waals surface area (Å²) >= 11 is 5.46. The van der Waals surface area contributed by atoms with E-state index < -0.39 is 11.9 Å². The molecule has 1 aliphatic rings. The molecule has 2 nitrogen and oxygen atoms in total. The molecular weight excluding hydrogens is 140 g/mol. The summed E-state index contributed by atoms with van der Waals surface area (Å²) in [6, 6.07) is 0. The van der Waals surface area contributed by atoms with Crippen molar-refractivity contribution in [3.05, 3.63) is 23.3 Å². The second-order valence-electron chi connectivity index (χ2n) is 1.77. The second kappa shape index (κ2) is 2.23. The number of halogens is 1. The number of allylic oxidation sites excluding steroid dienone is 2. The van der Waals surface area contributed by atoms with Crippen molar-refractivity contribution >= 4 is 17.6 Å². The first kappa shape index (κ1) is 6.36. The Balaban J connectivity index is 2.70. The summed E-state index contributed by atoms with van der Waals surface area (Å²) in [6.07, 6.45) is 4.62. The van der Waals surface area contributed by atoms with Crippen LogP contribution in [0.2, 0.25) is 0 Å². The Hall–Kier alpha value is -0.760. The van der Waals surface area contributed by atoms with E-state index >= 15 is 0 Å². The fourth-order valence-corrected chi connectivity index (χ4v) is 0.840. The topological polar surface area (TPSA) is 37.3 Å². The lowest BCUT2D eigenvalue weighted by Crippen LogP contribution is -2.05. The van der Waals surface area contributed by atoms with Gasteiger partial charge in [0.25, 0.3) is 0 Å². The Labute approximate surface area is 57.4 Å². The minimum absolute atomic E-state index is 0.502. The maximum atomic E-state index is 10.2. The summed E-state index contributed by atoms with van der Waals surface area (Å²) in [6.45, 7) is 0. The van der Waals surface area contributed by atoms with Gasteiger partial charge >= 0.3 is 5.97 Å². The van der Waals surface area contributed by atoms with Crippen molar-refractivity contribution in [3.8, 4) is 0 Å². The van der Waals surface area contributed by atoms with E-state index in [-0.39, 0.29) is 0 Å². The van der Waals surface area contributed by atoms with E-state index in [0.29, 0.717) is 5.03 Å². The normalized spacial score (nSPS) is 24.1. The molecule has 0 saturated carbocycles. The van der Waals surface area contributed by atoms with E-state index in [9.17, 15) is 4.79 Å². The molecule has 0 aromatic heterocycles. The summed E-state index contributed by atoms with van der Waals surface area (Å²) in [7, 11) is 0. The van der Waals surface area contributed by atoms with Gasteiger partial charge in [0, 0.05) is 5.03 Å². The lowest BCUT2D eigenvalue weighted by Gasteiger charge is -1.92. The fourth-order valence-electron chi connectivity index (χ4n) is 0.632. The number of carbonyl (C=O) groups is 1. The van der Waals surface area contributed by atoms with Crippen LogP contribution in [0.3, 0.4) is 0 Å². The van der Waals surface area contributed by atoms with Gasteiger partial charge in [0.05, 0.1) is 5.92 Å². The number of hydrogen-bond donors (Lipinski definition) is 1. The first-order chi connectivity index (χ1) is 4.20. The van der Waals surface area contributed by atoms with Gasteiger partial charge in [-0.25, -0.2) is 0 Å². The van der Waals surface area contributed by atoms with Crippen molar-refractivity contribution in [2.24, 2.45) is 5.92 Å². The molecule has 0 fully saturated rings. The number of hydrogen-bond acceptors (Lipinski definition) is 1. The van der Waals surface area contributed by atoms with Gasteiger partial charge in [-0.3, -0.25) is 4.79 Å². The first-order valence-corrected chi connectivity index (χ1v) is 2.86. The average Bonchev–Trinajstić information content (AvgIpc) is 2.14. The number of carboxylic acid groups (broad SMARTS) is 1. The van der Waals surface area contributed by atoms with Crippen LogP contribution in [0, 0.1) is 5.92 Å². The first-order valence-electron chi connectivity index (χ1n) is 2.48. The van der Waals surface area contributed by atoms with Gasteiger partial charge in [-0.1, -0.05) is 17.7 Å². The van der Waals surface area contributed by atoms with E-state index in [0.717, 1.165) is 0 Å². The third-order valence-corrected chi connectivity index (χ3v) is 1.34. The molecule has 0 radical (unpaired) electrons. The number of carboxylic acids is 1. The van der Waals surface area contributed by atoms with Gasteiger partial charge in [0.15, 0.2) is 0 Å². The van der Waals surface area contributed by atoms with Gasteiger partial charge in [0.1, 0.15) is 0 Å². The lowest BCUT2D eigenvalue weighted by molar-refractivity contribution is -0.138. The maximum absolute atomic E-state index is 10.2. The van der Waals surface area contributed by atoms with Crippen LogP contribution in [0.25, 0.3) is 0 Å². The van der Waals surface area contributed by atoms with Crippen LogP contribution in [0.15, 0.2) is 23.3 Å². The minimum atomic E-state index is -0.859. The molecule has 1 rings (SSSR count). The van der Waals surface area contributed by atoms with Crippen LogP contribution in [-0.4, -0.2) is 11.1 Å². The molecule has 0 aromatic rings. The maximum Gasteiger partial charge on any atom is 0.314 e. The second-order valence-corrected chi connectivity index (χ2v) is 2.21. The summed E-state index contributed by atoms with van der Waals surface area (Å²) in [4.78, 5) is 10.2. The van der Waals surface area contributed by atoms with Crippen LogP contribution in [0.5, 0.6) is 0 Å². The van der Waals surface area contributed by atoms with Crippen molar-refractivity contribution in [2.45, 2.75) is 0 Å². The molecule has 9 heavy (non-hydrogen) atoms. The van der Waals surface area contributed by atoms with E-state index in [1.54, 1.807) is 12.2 Å². The smallest absolute Gasteiger partial charge is 0.314 e. The Morgan fingerprint density at radius 1 is 1.78 bits per heavy atom. The molecular formula is C6H5ClO2.